The Kier molecular flexibility index (Phi) is 8.15. The Labute approximate surface area is 142 Å². The van der Waals surface area contributed by atoms with Gasteiger partial charge in [0.25, 0.3) is 0 Å². The number of hydrogen-bond acceptors (Lipinski definition) is 3. The lowest BCUT2D eigenvalue weighted by Gasteiger charge is -2.41. The van der Waals surface area contributed by atoms with Crippen molar-refractivity contribution >= 4 is 18.3 Å². The number of carbonyl (C=O) groups is 1. The Balaban J connectivity index is 0.00000242. The van der Waals surface area contributed by atoms with Crippen LogP contribution in [0.25, 0.3) is 0 Å². The van der Waals surface area contributed by atoms with Gasteiger partial charge >= 0.3 is 0 Å². The summed E-state index contributed by atoms with van der Waals surface area (Å²) in [7, 11) is 0. The SMILES string of the molecule is CC(C)(C)C1CCCCC1NCCC(=O)N1CCNCC1.Cl. The van der Waals surface area contributed by atoms with Crippen molar-refractivity contribution in [3.05, 3.63) is 0 Å². The first-order chi connectivity index (χ1) is 9.98. The van der Waals surface area contributed by atoms with Gasteiger partial charge in [0.2, 0.25) is 5.91 Å². The van der Waals surface area contributed by atoms with E-state index in [0.717, 1.165) is 38.6 Å². The normalized spacial score (nSPS) is 26.4. The van der Waals surface area contributed by atoms with Crippen molar-refractivity contribution in [1.29, 1.82) is 0 Å². The van der Waals surface area contributed by atoms with Crippen LogP contribution in [0.2, 0.25) is 0 Å². The second kappa shape index (κ2) is 9.09. The second-order valence-electron chi connectivity index (χ2n) is 7.70. The Bertz CT molecular complexity index is 337. The van der Waals surface area contributed by atoms with Crippen molar-refractivity contribution in [2.75, 3.05) is 32.7 Å². The van der Waals surface area contributed by atoms with Crippen molar-refractivity contribution in [2.45, 2.75) is 58.9 Å². The van der Waals surface area contributed by atoms with Crippen LogP contribution in [-0.4, -0.2) is 49.6 Å². The fourth-order valence-corrected chi connectivity index (χ4v) is 3.85. The molecule has 1 heterocycles. The van der Waals surface area contributed by atoms with Crippen LogP contribution >= 0.6 is 12.4 Å². The predicted octanol–water partition coefficient (Wildman–Crippen LogP) is 2.42. The molecule has 130 valence electrons. The molecule has 22 heavy (non-hydrogen) atoms. The van der Waals surface area contributed by atoms with Crippen LogP contribution in [0.15, 0.2) is 0 Å². The number of nitrogens with zero attached hydrogens (tertiary/aromatic N) is 1. The van der Waals surface area contributed by atoms with Gasteiger partial charge in [-0.15, -0.1) is 12.4 Å². The summed E-state index contributed by atoms with van der Waals surface area (Å²) in [4.78, 5) is 14.2. The smallest absolute Gasteiger partial charge is 0.223 e. The molecule has 1 saturated carbocycles. The lowest BCUT2D eigenvalue weighted by molar-refractivity contribution is -0.131. The molecule has 2 rings (SSSR count). The molecule has 1 saturated heterocycles. The predicted molar refractivity (Wildman–Crippen MR) is 94.5 cm³/mol. The van der Waals surface area contributed by atoms with Gasteiger partial charge in [-0.25, -0.2) is 0 Å². The minimum absolute atomic E-state index is 0. The van der Waals surface area contributed by atoms with Gasteiger partial charge in [0.15, 0.2) is 0 Å². The molecule has 1 amide bonds. The van der Waals surface area contributed by atoms with Gasteiger partial charge < -0.3 is 15.5 Å². The number of carbonyl (C=O) groups excluding carboxylic acids is 1. The van der Waals surface area contributed by atoms with E-state index in [1.165, 1.54) is 25.7 Å². The molecule has 2 aliphatic rings. The van der Waals surface area contributed by atoms with Gasteiger partial charge in [0.05, 0.1) is 0 Å². The number of rotatable bonds is 4. The van der Waals surface area contributed by atoms with Crippen LogP contribution in [0.5, 0.6) is 0 Å². The number of halogens is 1. The third-order valence-electron chi connectivity index (χ3n) is 5.09. The number of piperazine rings is 1. The van der Waals surface area contributed by atoms with Crippen molar-refractivity contribution in [3.63, 3.8) is 0 Å². The standard InChI is InChI=1S/C17H33N3O.ClH/c1-17(2,3)14-6-4-5-7-15(14)19-9-8-16(21)20-12-10-18-11-13-20;/h14-15,18-19H,4-13H2,1-3H3;1H. The van der Waals surface area contributed by atoms with Crippen molar-refractivity contribution < 1.29 is 4.79 Å². The van der Waals surface area contributed by atoms with Gasteiger partial charge in [-0.05, 0) is 24.2 Å². The maximum absolute atomic E-state index is 12.2. The molecule has 2 unspecified atom stereocenters. The Morgan fingerprint density at radius 1 is 1.18 bits per heavy atom. The molecule has 0 spiro atoms. The highest BCUT2D eigenvalue weighted by Crippen LogP contribution is 2.37. The summed E-state index contributed by atoms with van der Waals surface area (Å²) < 4.78 is 0. The van der Waals surface area contributed by atoms with Crippen LogP contribution in [0.3, 0.4) is 0 Å². The summed E-state index contributed by atoms with van der Waals surface area (Å²) in [5, 5.41) is 6.98. The molecular formula is C17H34ClN3O. The number of nitrogens with one attached hydrogen (secondary N) is 2. The van der Waals surface area contributed by atoms with E-state index in [2.05, 4.69) is 31.4 Å². The maximum atomic E-state index is 12.2. The minimum atomic E-state index is 0. The first kappa shape index (κ1) is 19.7. The van der Waals surface area contributed by atoms with Gasteiger partial charge in [-0.3, -0.25) is 4.79 Å². The van der Waals surface area contributed by atoms with Gasteiger partial charge in [0.1, 0.15) is 0 Å². The third kappa shape index (κ3) is 5.71. The lowest BCUT2D eigenvalue weighted by atomic mass is 9.69. The van der Waals surface area contributed by atoms with Crippen molar-refractivity contribution in [1.82, 2.24) is 15.5 Å². The van der Waals surface area contributed by atoms with E-state index in [1.54, 1.807) is 0 Å². The molecule has 2 fully saturated rings. The number of hydrogen-bond donors (Lipinski definition) is 2. The first-order valence-corrected chi connectivity index (χ1v) is 8.70. The fraction of sp³-hybridized carbons (Fsp3) is 0.941. The molecule has 0 radical (unpaired) electrons. The van der Waals surface area contributed by atoms with E-state index < -0.39 is 0 Å². The molecular weight excluding hydrogens is 298 g/mol. The first-order valence-electron chi connectivity index (χ1n) is 8.70. The maximum Gasteiger partial charge on any atom is 0.223 e. The Morgan fingerprint density at radius 2 is 1.82 bits per heavy atom. The van der Waals surface area contributed by atoms with Crippen LogP contribution in [0.4, 0.5) is 0 Å². The summed E-state index contributed by atoms with van der Waals surface area (Å²) in [6.45, 7) is 11.5. The summed E-state index contributed by atoms with van der Waals surface area (Å²) in [6.07, 6.45) is 5.93. The van der Waals surface area contributed by atoms with Crippen molar-refractivity contribution in [3.8, 4) is 0 Å². The monoisotopic (exact) mass is 331 g/mol. The van der Waals surface area contributed by atoms with Crippen LogP contribution in [0.1, 0.15) is 52.9 Å². The largest absolute Gasteiger partial charge is 0.340 e. The van der Waals surface area contributed by atoms with E-state index >= 15 is 0 Å². The quantitative estimate of drug-likeness (QED) is 0.831. The Morgan fingerprint density at radius 3 is 2.45 bits per heavy atom. The molecule has 0 bridgehead atoms. The highest BCUT2D eigenvalue weighted by molar-refractivity contribution is 5.85. The number of amides is 1. The van der Waals surface area contributed by atoms with Crippen LogP contribution in [0, 0.1) is 11.3 Å². The second-order valence-corrected chi connectivity index (χ2v) is 7.70. The highest BCUT2D eigenvalue weighted by Gasteiger charge is 2.33. The third-order valence-corrected chi connectivity index (χ3v) is 5.09. The topological polar surface area (TPSA) is 44.4 Å². The molecule has 0 aromatic heterocycles. The fourth-order valence-electron chi connectivity index (χ4n) is 3.85. The molecule has 1 aliphatic carbocycles. The van der Waals surface area contributed by atoms with Gasteiger partial charge in [-0.2, -0.15) is 0 Å². The van der Waals surface area contributed by atoms with E-state index in [9.17, 15) is 4.79 Å². The van der Waals surface area contributed by atoms with E-state index in [1.807, 2.05) is 4.90 Å². The minimum Gasteiger partial charge on any atom is -0.340 e. The average Bonchev–Trinajstić information content (AvgIpc) is 2.47. The van der Waals surface area contributed by atoms with E-state index in [4.69, 9.17) is 0 Å². The summed E-state index contributed by atoms with van der Waals surface area (Å²) in [6, 6.07) is 0.592. The van der Waals surface area contributed by atoms with Gasteiger partial charge in [0, 0.05) is 45.2 Å². The zero-order valence-corrected chi connectivity index (χ0v) is 15.3. The highest BCUT2D eigenvalue weighted by atomic mass is 35.5. The average molecular weight is 332 g/mol. The molecule has 2 atom stereocenters. The van der Waals surface area contributed by atoms with E-state index in [0.29, 0.717) is 23.8 Å². The van der Waals surface area contributed by atoms with E-state index in [-0.39, 0.29) is 12.4 Å². The molecule has 2 N–H and O–H groups in total. The van der Waals surface area contributed by atoms with Crippen molar-refractivity contribution in [2.24, 2.45) is 11.3 Å². The Hall–Kier alpha value is -0.320. The molecule has 4 nitrogen and oxygen atoms in total. The molecule has 5 heteroatoms. The summed E-state index contributed by atoms with van der Waals surface area (Å²) in [5.74, 6) is 1.05. The lowest BCUT2D eigenvalue weighted by Crippen LogP contribution is -2.48. The molecule has 0 aromatic carbocycles. The van der Waals surface area contributed by atoms with Gasteiger partial charge in [-0.1, -0.05) is 33.6 Å². The van der Waals surface area contributed by atoms with Crippen LogP contribution < -0.4 is 10.6 Å². The summed E-state index contributed by atoms with van der Waals surface area (Å²) >= 11 is 0. The van der Waals surface area contributed by atoms with Crippen LogP contribution in [-0.2, 0) is 4.79 Å². The zero-order chi connectivity index (χ0) is 15.3. The molecule has 1 aliphatic heterocycles. The summed E-state index contributed by atoms with van der Waals surface area (Å²) in [5.41, 5.74) is 0.362. The zero-order valence-electron chi connectivity index (χ0n) is 14.5. The molecule has 0 aromatic rings.